The molecule has 0 unspecified atom stereocenters. The lowest BCUT2D eigenvalue weighted by atomic mass is 10.1. The molecule has 31 heavy (non-hydrogen) atoms. The highest BCUT2D eigenvalue weighted by atomic mass is 16.5. The van der Waals surface area contributed by atoms with Crippen LogP contribution < -0.4 is 10.1 Å². The van der Waals surface area contributed by atoms with E-state index in [1.54, 1.807) is 48.5 Å². The van der Waals surface area contributed by atoms with Gasteiger partial charge in [0.2, 0.25) is 0 Å². The van der Waals surface area contributed by atoms with Gasteiger partial charge in [-0.15, -0.1) is 0 Å². The van der Waals surface area contributed by atoms with Crippen LogP contribution in [-0.4, -0.2) is 48.3 Å². The minimum Gasteiger partial charge on any atom is -0.495 e. The number of nitrogens with zero attached hydrogens (tertiary/aromatic N) is 1. The second-order valence-electron chi connectivity index (χ2n) is 7.04. The van der Waals surface area contributed by atoms with Crippen LogP contribution in [0.1, 0.15) is 46.9 Å². The Labute approximate surface area is 180 Å². The van der Waals surface area contributed by atoms with Crippen molar-refractivity contribution in [1.29, 1.82) is 0 Å². The Kier molecular flexibility index (Phi) is 7.02. The third-order valence-corrected chi connectivity index (χ3v) is 4.97. The summed E-state index contributed by atoms with van der Waals surface area (Å²) in [5, 5.41) is 2.61. The van der Waals surface area contributed by atoms with Crippen molar-refractivity contribution in [3.05, 3.63) is 59.7 Å². The highest BCUT2D eigenvalue weighted by Gasteiger charge is 2.43. The van der Waals surface area contributed by atoms with Gasteiger partial charge in [-0.25, -0.2) is 4.79 Å². The van der Waals surface area contributed by atoms with Crippen LogP contribution in [0.4, 0.5) is 5.69 Å². The number of nitrogens with one attached hydrogen (secondary N) is 1. The lowest BCUT2D eigenvalue weighted by molar-refractivity contribution is -0.151. The van der Waals surface area contributed by atoms with E-state index in [-0.39, 0.29) is 17.5 Å². The van der Waals surface area contributed by atoms with Crippen LogP contribution in [0.15, 0.2) is 48.5 Å². The minimum atomic E-state index is -1.09. The van der Waals surface area contributed by atoms with Gasteiger partial charge in [0.15, 0.2) is 6.61 Å². The van der Waals surface area contributed by atoms with Crippen molar-refractivity contribution in [2.24, 2.45) is 0 Å². The summed E-state index contributed by atoms with van der Waals surface area (Å²) in [7, 11) is 1.48. The van der Waals surface area contributed by atoms with Crippen molar-refractivity contribution in [2.75, 3.05) is 19.0 Å². The number of benzene rings is 2. The molecule has 0 saturated carbocycles. The number of methoxy groups -OCH3 is 1. The monoisotopic (exact) mass is 424 g/mol. The smallest absolute Gasteiger partial charge is 0.329 e. The second kappa shape index (κ2) is 9.88. The van der Waals surface area contributed by atoms with Crippen LogP contribution in [0.3, 0.4) is 0 Å². The number of fused-ring (bicyclic) bond motifs is 1. The van der Waals surface area contributed by atoms with E-state index in [1.165, 1.54) is 7.11 Å². The summed E-state index contributed by atoms with van der Waals surface area (Å²) in [4.78, 5) is 51.5. The molecular weight excluding hydrogens is 400 g/mol. The average molecular weight is 424 g/mol. The predicted octanol–water partition coefficient (Wildman–Crippen LogP) is 3.03. The van der Waals surface area contributed by atoms with Gasteiger partial charge in [-0.05, 0) is 30.7 Å². The average Bonchev–Trinajstić information content (AvgIpc) is 3.03. The van der Waals surface area contributed by atoms with Crippen LogP contribution in [-0.2, 0) is 14.3 Å². The number of amides is 3. The van der Waals surface area contributed by atoms with Gasteiger partial charge < -0.3 is 14.8 Å². The van der Waals surface area contributed by atoms with Gasteiger partial charge in [0, 0.05) is 0 Å². The standard InChI is InChI=1S/C23H24N2O6/c1-3-4-12-18(25-21(27)15-9-5-6-10-16(15)22(25)28)23(29)31-14-20(26)24-17-11-7-8-13-19(17)30-2/h5-11,13,18H,3-4,12,14H2,1-2H3,(H,24,26)/t18-/m1/s1. The van der Waals surface area contributed by atoms with Crippen LogP contribution in [0.2, 0.25) is 0 Å². The molecular formula is C23H24N2O6. The quantitative estimate of drug-likeness (QED) is 0.490. The van der Waals surface area contributed by atoms with Crippen LogP contribution in [0, 0.1) is 0 Å². The third kappa shape index (κ3) is 4.74. The van der Waals surface area contributed by atoms with E-state index in [0.717, 1.165) is 11.3 Å². The number of rotatable bonds is 9. The molecule has 0 bridgehead atoms. The number of hydrogen-bond acceptors (Lipinski definition) is 6. The fourth-order valence-electron chi connectivity index (χ4n) is 3.41. The molecule has 2 aromatic carbocycles. The van der Waals surface area contributed by atoms with E-state index in [9.17, 15) is 19.2 Å². The highest BCUT2D eigenvalue weighted by Crippen LogP contribution is 2.27. The maximum Gasteiger partial charge on any atom is 0.329 e. The first-order valence-corrected chi connectivity index (χ1v) is 10.0. The third-order valence-electron chi connectivity index (χ3n) is 4.97. The van der Waals surface area contributed by atoms with Gasteiger partial charge in [0.05, 0.1) is 23.9 Å². The number of carbonyl (C=O) groups is 4. The van der Waals surface area contributed by atoms with E-state index in [1.807, 2.05) is 6.92 Å². The molecule has 2 aromatic rings. The molecule has 1 aliphatic rings. The fourth-order valence-corrected chi connectivity index (χ4v) is 3.41. The molecule has 1 aliphatic heterocycles. The molecule has 0 aliphatic carbocycles. The summed E-state index contributed by atoms with van der Waals surface area (Å²) < 4.78 is 10.4. The fraction of sp³-hybridized carbons (Fsp3) is 0.304. The number of hydrogen-bond donors (Lipinski definition) is 1. The van der Waals surface area contributed by atoms with E-state index in [2.05, 4.69) is 5.32 Å². The largest absolute Gasteiger partial charge is 0.495 e. The first-order valence-electron chi connectivity index (χ1n) is 10.0. The minimum absolute atomic E-state index is 0.259. The summed E-state index contributed by atoms with van der Waals surface area (Å²) in [6.45, 7) is 1.38. The predicted molar refractivity (Wildman–Crippen MR) is 113 cm³/mol. The van der Waals surface area contributed by atoms with E-state index < -0.39 is 36.3 Å². The summed E-state index contributed by atoms with van der Waals surface area (Å²) in [6.07, 6.45) is 1.64. The molecule has 1 heterocycles. The van der Waals surface area contributed by atoms with Crippen molar-refractivity contribution >= 4 is 29.4 Å². The Bertz CT molecular complexity index is 968. The maximum absolute atomic E-state index is 12.8. The number of ether oxygens (including phenoxy) is 2. The summed E-state index contributed by atoms with van der Waals surface area (Å²) in [5.41, 5.74) is 0.959. The zero-order valence-corrected chi connectivity index (χ0v) is 17.4. The Morgan fingerprint density at radius 2 is 1.61 bits per heavy atom. The normalized spacial score (nSPS) is 13.5. The molecule has 0 saturated heterocycles. The number of para-hydroxylation sites is 2. The molecule has 0 spiro atoms. The highest BCUT2D eigenvalue weighted by molar-refractivity contribution is 6.22. The Hall–Kier alpha value is -3.68. The van der Waals surface area contributed by atoms with Crippen LogP contribution in [0.5, 0.6) is 5.75 Å². The number of anilines is 1. The van der Waals surface area contributed by atoms with E-state index >= 15 is 0 Å². The summed E-state index contributed by atoms with van der Waals surface area (Å²) in [6, 6.07) is 12.2. The second-order valence-corrected chi connectivity index (χ2v) is 7.04. The zero-order chi connectivity index (χ0) is 22.4. The first kappa shape index (κ1) is 22.0. The molecule has 1 atom stereocenters. The molecule has 3 rings (SSSR count). The van der Waals surface area contributed by atoms with E-state index in [0.29, 0.717) is 17.9 Å². The van der Waals surface area contributed by atoms with Crippen LogP contribution in [0.25, 0.3) is 0 Å². The van der Waals surface area contributed by atoms with Gasteiger partial charge in [0.25, 0.3) is 17.7 Å². The lowest BCUT2D eigenvalue weighted by Crippen LogP contribution is -2.46. The molecule has 8 heteroatoms. The maximum atomic E-state index is 12.8. The number of imide groups is 1. The summed E-state index contributed by atoms with van der Waals surface area (Å²) in [5.74, 6) is -1.95. The van der Waals surface area contributed by atoms with Gasteiger partial charge in [-0.2, -0.15) is 0 Å². The Balaban J connectivity index is 1.69. The molecule has 1 N–H and O–H groups in total. The van der Waals surface area contributed by atoms with Crippen molar-refractivity contribution in [3.8, 4) is 5.75 Å². The van der Waals surface area contributed by atoms with Gasteiger partial charge >= 0.3 is 5.97 Å². The van der Waals surface area contributed by atoms with Gasteiger partial charge in [-0.3, -0.25) is 19.3 Å². The molecule has 162 valence electrons. The van der Waals surface area contributed by atoms with Gasteiger partial charge in [-0.1, -0.05) is 44.0 Å². The van der Waals surface area contributed by atoms with E-state index in [4.69, 9.17) is 9.47 Å². The van der Waals surface area contributed by atoms with Crippen LogP contribution >= 0.6 is 0 Å². The number of esters is 1. The molecule has 8 nitrogen and oxygen atoms in total. The topological polar surface area (TPSA) is 102 Å². The summed E-state index contributed by atoms with van der Waals surface area (Å²) >= 11 is 0. The van der Waals surface area contributed by atoms with Crippen molar-refractivity contribution in [1.82, 2.24) is 4.90 Å². The Morgan fingerprint density at radius 1 is 1.00 bits per heavy atom. The molecule has 0 aromatic heterocycles. The zero-order valence-electron chi connectivity index (χ0n) is 17.4. The SMILES string of the molecule is CCCC[C@H](C(=O)OCC(=O)Nc1ccccc1OC)N1C(=O)c2ccccc2C1=O. The number of unbranched alkanes of at least 4 members (excludes halogenated alkanes) is 1. The van der Waals surface area contributed by atoms with Crippen molar-refractivity contribution in [2.45, 2.75) is 32.2 Å². The first-order chi connectivity index (χ1) is 15.0. The van der Waals surface area contributed by atoms with Gasteiger partial charge in [0.1, 0.15) is 11.8 Å². The number of carbonyl (C=O) groups excluding carboxylic acids is 4. The molecule has 0 radical (unpaired) electrons. The van der Waals surface area contributed by atoms with Crippen molar-refractivity contribution < 1.29 is 28.7 Å². The van der Waals surface area contributed by atoms with Crippen molar-refractivity contribution in [3.63, 3.8) is 0 Å². The molecule has 3 amide bonds. The molecule has 0 fully saturated rings. The lowest BCUT2D eigenvalue weighted by Gasteiger charge is -2.24. The Morgan fingerprint density at radius 3 is 2.23 bits per heavy atom.